The molecule has 0 aliphatic rings. The van der Waals surface area contributed by atoms with Crippen LogP contribution in [0, 0.1) is 0 Å². The van der Waals surface area contributed by atoms with Gasteiger partial charge in [-0.2, -0.15) is 8.42 Å². The molecule has 0 radical (unpaired) electrons. The Morgan fingerprint density at radius 1 is 1.12 bits per heavy atom. The fourth-order valence-electron chi connectivity index (χ4n) is 0.891. The van der Waals surface area contributed by atoms with Crippen LogP contribution in [0.1, 0.15) is 0 Å². The van der Waals surface area contributed by atoms with Gasteiger partial charge in [0.1, 0.15) is 11.5 Å². The molecule has 0 unspecified atom stereocenters. The maximum Gasteiger partial charge on any atom is 0.394 e. The number of rotatable bonds is 3. The van der Waals surface area contributed by atoms with Crippen molar-refractivity contribution < 1.29 is 27.0 Å². The monoisotopic (exact) mass is 266 g/mol. The second kappa shape index (κ2) is 6.91. The normalized spacial score (nSPS) is 9.94. The Bertz CT molecular complexity index is 384. The molecule has 0 atom stereocenters. The van der Waals surface area contributed by atoms with Gasteiger partial charge in [-0.3, -0.25) is 14.9 Å². The highest BCUT2D eigenvalue weighted by Crippen LogP contribution is 2.24. The number of benzene rings is 1. The first kappa shape index (κ1) is 15.4. The lowest BCUT2D eigenvalue weighted by Crippen LogP contribution is -2.06. The Balaban J connectivity index is 0.000000437. The molecule has 0 aliphatic carbocycles. The van der Waals surface area contributed by atoms with Crippen LogP contribution in [0.15, 0.2) is 18.2 Å². The van der Waals surface area contributed by atoms with E-state index in [1.54, 1.807) is 32.4 Å². The smallest absolute Gasteiger partial charge is 0.394 e. The Kier molecular flexibility index (Phi) is 6.28. The third kappa shape index (κ3) is 8.28. The number of ether oxygens (including phenoxy) is 2. The van der Waals surface area contributed by atoms with Gasteiger partial charge >= 0.3 is 10.4 Å². The van der Waals surface area contributed by atoms with E-state index in [2.05, 4.69) is 5.43 Å². The third-order valence-electron chi connectivity index (χ3n) is 1.52. The fourth-order valence-corrected chi connectivity index (χ4v) is 0.891. The van der Waals surface area contributed by atoms with Crippen LogP contribution in [0.2, 0.25) is 0 Å². The van der Waals surface area contributed by atoms with Crippen molar-refractivity contribution >= 4 is 16.1 Å². The first-order valence-corrected chi connectivity index (χ1v) is 5.59. The number of anilines is 1. The molecule has 0 bridgehead atoms. The van der Waals surface area contributed by atoms with Crippen molar-refractivity contribution in [3.63, 3.8) is 0 Å². The number of nitrogen functional groups attached to an aromatic ring is 1. The minimum atomic E-state index is -4.67. The Morgan fingerprint density at radius 2 is 1.47 bits per heavy atom. The molecule has 0 fully saturated rings. The number of nitrogens with one attached hydrogen (secondary N) is 1. The van der Waals surface area contributed by atoms with Gasteiger partial charge in [0.05, 0.1) is 19.9 Å². The summed E-state index contributed by atoms with van der Waals surface area (Å²) in [6.45, 7) is 0. The summed E-state index contributed by atoms with van der Waals surface area (Å²) < 4.78 is 41.6. The zero-order valence-electron chi connectivity index (χ0n) is 9.25. The summed E-state index contributed by atoms with van der Waals surface area (Å²) in [5.41, 5.74) is 3.27. The Morgan fingerprint density at radius 3 is 1.71 bits per heavy atom. The first-order chi connectivity index (χ1) is 7.80. The lowest BCUT2D eigenvalue weighted by atomic mass is 10.3. The molecule has 5 N–H and O–H groups in total. The van der Waals surface area contributed by atoms with Gasteiger partial charge in [0.25, 0.3) is 0 Å². The minimum absolute atomic E-state index is 0.710. The average Bonchev–Trinajstić information content (AvgIpc) is 2.26. The molecule has 0 aromatic heterocycles. The summed E-state index contributed by atoms with van der Waals surface area (Å²) in [5, 5.41) is 0. The molecular formula is C8H14N2O6S. The van der Waals surface area contributed by atoms with Crippen LogP contribution in [0.4, 0.5) is 5.69 Å². The summed E-state index contributed by atoms with van der Waals surface area (Å²) in [6.07, 6.45) is 0. The van der Waals surface area contributed by atoms with Crippen molar-refractivity contribution in [1.82, 2.24) is 0 Å². The van der Waals surface area contributed by atoms with E-state index in [-0.39, 0.29) is 0 Å². The molecule has 1 aromatic rings. The second-order valence-corrected chi connectivity index (χ2v) is 3.59. The van der Waals surface area contributed by atoms with E-state index in [1.807, 2.05) is 0 Å². The van der Waals surface area contributed by atoms with Gasteiger partial charge in [-0.1, -0.05) is 0 Å². The van der Waals surface area contributed by atoms with Crippen LogP contribution in [-0.4, -0.2) is 31.7 Å². The molecule has 0 saturated carbocycles. The predicted molar refractivity (Wildman–Crippen MR) is 61.5 cm³/mol. The Hall–Kier alpha value is -1.55. The summed E-state index contributed by atoms with van der Waals surface area (Å²) >= 11 is 0. The quantitative estimate of drug-likeness (QED) is 0.350. The van der Waals surface area contributed by atoms with Crippen LogP contribution in [0.3, 0.4) is 0 Å². The standard InChI is InChI=1S/C8H12N2O2.H2O4S/c1-11-7-3-6(10-9)4-8(5-7)12-2;1-5(2,3)4/h3-5,10H,9H2,1-2H3;(H2,1,2,3,4). The lowest BCUT2D eigenvalue weighted by molar-refractivity contribution is 0.381. The molecular weight excluding hydrogens is 252 g/mol. The van der Waals surface area contributed by atoms with Crippen LogP contribution in [0.5, 0.6) is 11.5 Å². The summed E-state index contributed by atoms with van der Waals surface area (Å²) in [7, 11) is -1.48. The van der Waals surface area contributed by atoms with Crippen molar-refractivity contribution in [3.8, 4) is 11.5 Å². The van der Waals surface area contributed by atoms with Gasteiger partial charge < -0.3 is 14.9 Å². The van der Waals surface area contributed by atoms with E-state index in [0.717, 1.165) is 5.69 Å². The number of hydrogen-bond donors (Lipinski definition) is 4. The third-order valence-corrected chi connectivity index (χ3v) is 1.52. The van der Waals surface area contributed by atoms with Gasteiger partial charge in [-0.05, 0) is 0 Å². The Labute approximate surface area is 98.9 Å². The zero-order chi connectivity index (χ0) is 13.5. The largest absolute Gasteiger partial charge is 0.497 e. The molecule has 1 rings (SSSR count). The van der Waals surface area contributed by atoms with E-state index >= 15 is 0 Å². The van der Waals surface area contributed by atoms with Crippen molar-refractivity contribution in [2.24, 2.45) is 5.84 Å². The van der Waals surface area contributed by atoms with Gasteiger partial charge in [0.15, 0.2) is 0 Å². The number of nitrogens with two attached hydrogens (primary N) is 1. The highest BCUT2D eigenvalue weighted by Gasteiger charge is 1.99. The van der Waals surface area contributed by atoms with E-state index in [4.69, 9.17) is 32.8 Å². The predicted octanol–water partition coefficient (Wildman–Crippen LogP) is 0.337. The molecule has 0 amide bonds. The van der Waals surface area contributed by atoms with Crippen molar-refractivity contribution in [2.45, 2.75) is 0 Å². The van der Waals surface area contributed by atoms with Crippen LogP contribution in [0.25, 0.3) is 0 Å². The van der Waals surface area contributed by atoms with Crippen molar-refractivity contribution in [3.05, 3.63) is 18.2 Å². The minimum Gasteiger partial charge on any atom is -0.497 e. The van der Waals surface area contributed by atoms with Crippen LogP contribution < -0.4 is 20.7 Å². The SMILES string of the molecule is COc1cc(NN)cc(OC)c1.O=S(=O)(O)O. The van der Waals surface area contributed by atoms with E-state index < -0.39 is 10.4 Å². The molecule has 8 nitrogen and oxygen atoms in total. The maximum absolute atomic E-state index is 8.74. The second-order valence-electron chi connectivity index (χ2n) is 2.69. The molecule has 0 saturated heterocycles. The van der Waals surface area contributed by atoms with Gasteiger partial charge in [0, 0.05) is 18.2 Å². The molecule has 0 aliphatic heterocycles. The fraction of sp³-hybridized carbons (Fsp3) is 0.250. The first-order valence-electron chi connectivity index (χ1n) is 4.19. The van der Waals surface area contributed by atoms with Crippen molar-refractivity contribution in [1.29, 1.82) is 0 Å². The lowest BCUT2D eigenvalue weighted by Gasteiger charge is -2.07. The van der Waals surface area contributed by atoms with Gasteiger partial charge in [-0.15, -0.1) is 0 Å². The van der Waals surface area contributed by atoms with Gasteiger partial charge in [0.2, 0.25) is 0 Å². The van der Waals surface area contributed by atoms with Crippen LogP contribution >= 0.6 is 0 Å². The van der Waals surface area contributed by atoms with E-state index in [0.29, 0.717) is 11.5 Å². The molecule has 98 valence electrons. The highest BCUT2D eigenvalue weighted by molar-refractivity contribution is 7.79. The summed E-state index contributed by atoms with van der Waals surface area (Å²) in [4.78, 5) is 0. The van der Waals surface area contributed by atoms with E-state index in [9.17, 15) is 0 Å². The van der Waals surface area contributed by atoms with Crippen LogP contribution in [-0.2, 0) is 10.4 Å². The molecule has 0 heterocycles. The number of hydrazine groups is 1. The number of hydrogen-bond acceptors (Lipinski definition) is 6. The summed E-state index contributed by atoms with van der Waals surface area (Å²) in [6, 6.07) is 5.34. The number of methoxy groups -OCH3 is 2. The zero-order valence-corrected chi connectivity index (χ0v) is 10.1. The van der Waals surface area contributed by atoms with Gasteiger partial charge in [-0.25, -0.2) is 0 Å². The van der Waals surface area contributed by atoms with E-state index in [1.165, 1.54) is 0 Å². The topological polar surface area (TPSA) is 131 Å². The van der Waals surface area contributed by atoms with Crippen molar-refractivity contribution in [2.75, 3.05) is 19.6 Å². The molecule has 1 aromatic carbocycles. The highest BCUT2D eigenvalue weighted by atomic mass is 32.3. The summed E-state index contributed by atoms with van der Waals surface area (Å²) in [5.74, 6) is 6.66. The maximum atomic E-state index is 8.74. The average molecular weight is 266 g/mol. The molecule has 17 heavy (non-hydrogen) atoms. The molecule has 9 heteroatoms. The molecule has 0 spiro atoms.